The highest BCUT2D eigenvalue weighted by Crippen LogP contribution is 2.32. The second-order valence-corrected chi connectivity index (χ2v) is 3.07. The average molecular weight is 252 g/mol. The molecule has 0 unspecified atom stereocenters. The average Bonchev–Trinajstić information content (AvgIpc) is 2.27. The van der Waals surface area contributed by atoms with Gasteiger partial charge in [0.25, 0.3) is 6.43 Å². The molecule has 1 aromatic rings. The lowest BCUT2D eigenvalue weighted by Gasteiger charge is -2.11. The number of hydrogen-bond donors (Lipinski definition) is 1. The topological polar surface area (TPSA) is 59.4 Å². The molecule has 0 saturated heterocycles. The molecule has 0 aliphatic carbocycles. The maximum absolute atomic E-state index is 12.7. The number of carbonyl (C=O) groups is 1. The van der Waals surface area contributed by atoms with Crippen molar-refractivity contribution in [3.63, 3.8) is 0 Å². The number of carbonyl (C=O) groups excluding carboxylic acids is 1. The van der Waals surface area contributed by atoms with Gasteiger partial charge in [0, 0.05) is 0 Å². The lowest BCUT2D eigenvalue weighted by molar-refractivity contribution is 0.0584. The summed E-state index contributed by atoms with van der Waals surface area (Å²) in [4.78, 5) is 14.8. The highest BCUT2D eigenvalue weighted by atomic mass is 35.5. The third-order valence-corrected chi connectivity index (χ3v) is 2.17. The van der Waals surface area contributed by atoms with Gasteiger partial charge in [-0.2, -0.15) is 0 Å². The van der Waals surface area contributed by atoms with E-state index in [4.69, 9.17) is 11.6 Å². The smallest absolute Gasteiger partial charge is 0.342 e. The van der Waals surface area contributed by atoms with Crippen molar-refractivity contribution in [2.45, 2.75) is 12.3 Å². The van der Waals surface area contributed by atoms with Gasteiger partial charge in [0.15, 0.2) is 0 Å². The fourth-order valence-electron chi connectivity index (χ4n) is 1.21. The first-order valence-electron chi connectivity index (χ1n) is 4.16. The molecule has 0 aromatic carbocycles. The number of methoxy groups -OCH3 is 1. The molecule has 0 amide bonds. The third kappa shape index (κ3) is 2.21. The Bertz CT molecular complexity index is 412. The first-order valence-corrected chi connectivity index (χ1v) is 4.69. The van der Waals surface area contributed by atoms with Crippen LogP contribution in [0.15, 0.2) is 6.20 Å². The van der Waals surface area contributed by atoms with Crippen molar-refractivity contribution in [3.05, 3.63) is 23.0 Å². The van der Waals surface area contributed by atoms with Crippen LogP contribution in [-0.4, -0.2) is 23.2 Å². The van der Waals surface area contributed by atoms with Gasteiger partial charge < -0.3 is 9.84 Å². The van der Waals surface area contributed by atoms with E-state index in [9.17, 15) is 18.7 Å². The fraction of sp³-hybridized carbons (Fsp3) is 0.333. The summed E-state index contributed by atoms with van der Waals surface area (Å²) in [5, 5.41) is 9.32. The van der Waals surface area contributed by atoms with Gasteiger partial charge in [-0.25, -0.2) is 13.6 Å². The zero-order chi connectivity index (χ0) is 12.3. The van der Waals surface area contributed by atoms with E-state index in [1.165, 1.54) is 0 Å². The van der Waals surface area contributed by atoms with Crippen LogP contribution in [0, 0.1) is 0 Å². The van der Waals surface area contributed by atoms with Crippen LogP contribution in [0.4, 0.5) is 8.78 Å². The summed E-state index contributed by atoms with van der Waals surface area (Å²) in [6, 6.07) is 0. The molecule has 4 nitrogen and oxygen atoms in total. The van der Waals surface area contributed by atoms with Crippen molar-refractivity contribution in [1.82, 2.24) is 4.98 Å². The third-order valence-electron chi connectivity index (χ3n) is 1.91. The van der Waals surface area contributed by atoms with E-state index >= 15 is 0 Å². The molecule has 0 saturated carbocycles. The number of ether oxygens (including phenoxy) is 1. The number of hydrogen-bond acceptors (Lipinski definition) is 4. The van der Waals surface area contributed by atoms with Gasteiger partial charge in [0.05, 0.1) is 30.4 Å². The Labute approximate surface area is 94.8 Å². The number of aromatic nitrogens is 1. The van der Waals surface area contributed by atoms with E-state index in [-0.39, 0.29) is 11.6 Å². The molecular weight excluding hydrogens is 244 g/mol. The van der Waals surface area contributed by atoms with Crippen molar-refractivity contribution in [2.75, 3.05) is 7.11 Å². The molecule has 1 aromatic heterocycles. The summed E-state index contributed by atoms with van der Waals surface area (Å²) in [6.45, 7) is 0. The maximum atomic E-state index is 12.7. The van der Waals surface area contributed by atoms with Crippen molar-refractivity contribution in [1.29, 1.82) is 0 Å². The summed E-state index contributed by atoms with van der Waals surface area (Å²) >= 11 is 5.42. The van der Waals surface area contributed by atoms with Crippen LogP contribution in [0.1, 0.15) is 28.0 Å². The Kier molecular flexibility index (Phi) is 4.00. The van der Waals surface area contributed by atoms with Crippen LogP contribution in [0.2, 0.25) is 0 Å². The van der Waals surface area contributed by atoms with E-state index in [1.54, 1.807) is 0 Å². The van der Waals surface area contributed by atoms with E-state index in [0.717, 1.165) is 13.3 Å². The Balaban J connectivity index is 3.48. The zero-order valence-electron chi connectivity index (χ0n) is 8.21. The quantitative estimate of drug-likeness (QED) is 0.661. The lowest BCUT2D eigenvalue weighted by atomic mass is 10.1. The number of halogens is 3. The van der Waals surface area contributed by atoms with Crippen LogP contribution in [0.3, 0.4) is 0 Å². The normalized spacial score (nSPS) is 10.6. The Morgan fingerprint density at radius 2 is 2.31 bits per heavy atom. The molecule has 7 heteroatoms. The van der Waals surface area contributed by atoms with Gasteiger partial charge in [0.2, 0.25) is 0 Å². The van der Waals surface area contributed by atoms with Gasteiger partial charge in [-0.15, -0.1) is 11.6 Å². The molecule has 1 heterocycles. The van der Waals surface area contributed by atoms with Gasteiger partial charge >= 0.3 is 5.97 Å². The summed E-state index contributed by atoms with van der Waals surface area (Å²) in [6.07, 6.45) is -2.09. The number of nitrogens with zero attached hydrogens (tertiary/aromatic N) is 1. The first-order chi connectivity index (χ1) is 7.52. The molecule has 16 heavy (non-hydrogen) atoms. The highest BCUT2D eigenvalue weighted by Gasteiger charge is 2.26. The summed E-state index contributed by atoms with van der Waals surface area (Å²) < 4.78 is 29.8. The molecule has 88 valence electrons. The van der Waals surface area contributed by atoms with Crippen molar-refractivity contribution in [2.24, 2.45) is 0 Å². The lowest BCUT2D eigenvalue weighted by Crippen LogP contribution is -2.10. The minimum Gasteiger partial charge on any atom is -0.505 e. The molecule has 0 aliphatic rings. The summed E-state index contributed by atoms with van der Waals surface area (Å²) in [5.74, 6) is -2.00. The number of rotatable bonds is 3. The van der Waals surface area contributed by atoms with Crippen LogP contribution < -0.4 is 0 Å². The fourth-order valence-corrected chi connectivity index (χ4v) is 1.43. The van der Waals surface area contributed by atoms with Crippen molar-refractivity contribution in [3.8, 4) is 5.75 Å². The predicted molar refractivity (Wildman–Crippen MR) is 51.8 cm³/mol. The molecule has 0 atom stereocenters. The monoisotopic (exact) mass is 251 g/mol. The van der Waals surface area contributed by atoms with Crippen LogP contribution in [0.5, 0.6) is 5.75 Å². The van der Waals surface area contributed by atoms with Gasteiger partial charge in [-0.1, -0.05) is 0 Å². The molecule has 1 N–H and O–H groups in total. The van der Waals surface area contributed by atoms with Gasteiger partial charge in [-0.3, -0.25) is 4.98 Å². The predicted octanol–water partition coefficient (Wildman–Crippen LogP) is 2.25. The SMILES string of the molecule is COC(=O)c1c(O)cnc(CCl)c1C(F)F. The van der Waals surface area contributed by atoms with Crippen LogP contribution in [-0.2, 0) is 10.6 Å². The number of aromatic hydroxyl groups is 1. The minimum atomic E-state index is -2.97. The van der Waals surface area contributed by atoms with E-state index in [0.29, 0.717) is 0 Å². The van der Waals surface area contributed by atoms with Gasteiger partial charge in [0.1, 0.15) is 11.3 Å². The second-order valence-electron chi connectivity index (χ2n) is 2.80. The summed E-state index contributed by atoms with van der Waals surface area (Å²) in [5.41, 5.74) is -1.44. The Morgan fingerprint density at radius 3 is 2.75 bits per heavy atom. The van der Waals surface area contributed by atoms with Crippen molar-refractivity contribution >= 4 is 17.6 Å². The molecule has 0 aliphatic heterocycles. The molecule has 0 radical (unpaired) electrons. The minimum absolute atomic E-state index is 0.158. The zero-order valence-corrected chi connectivity index (χ0v) is 8.96. The van der Waals surface area contributed by atoms with Crippen LogP contribution in [0.25, 0.3) is 0 Å². The number of alkyl halides is 3. The Morgan fingerprint density at radius 1 is 1.69 bits per heavy atom. The van der Waals surface area contributed by atoms with Crippen molar-refractivity contribution < 1.29 is 23.4 Å². The van der Waals surface area contributed by atoms with E-state index in [2.05, 4.69) is 9.72 Å². The standard InChI is InChI=1S/C9H8ClF2NO3/c1-16-9(15)7-5(14)3-13-4(2-10)6(7)8(11)12/h3,8,14H,2H2,1H3. The molecular formula is C9H8ClF2NO3. The van der Waals surface area contributed by atoms with E-state index in [1.807, 2.05) is 0 Å². The molecule has 0 fully saturated rings. The number of pyridine rings is 1. The number of esters is 1. The largest absolute Gasteiger partial charge is 0.505 e. The summed E-state index contributed by atoms with van der Waals surface area (Å²) in [7, 11) is 1.03. The maximum Gasteiger partial charge on any atom is 0.342 e. The molecule has 0 bridgehead atoms. The molecule has 1 rings (SSSR count). The van der Waals surface area contributed by atoms with Gasteiger partial charge in [-0.05, 0) is 0 Å². The van der Waals surface area contributed by atoms with Crippen LogP contribution >= 0.6 is 11.6 Å². The van der Waals surface area contributed by atoms with E-state index < -0.39 is 29.3 Å². The second kappa shape index (κ2) is 5.07. The molecule has 0 spiro atoms. The highest BCUT2D eigenvalue weighted by molar-refractivity contribution is 6.17. The first kappa shape index (κ1) is 12.6. The Hall–Kier alpha value is -1.43.